The number of ether oxygens (including phenoxy) is 1. The third kappa shape index (κ3) is 4.06. The number of esters is 1. The fraction of sp³-hybridized carbons (Fsp3) is 0.250. The Bertz CT molecular complexity index is 427. The molecule has 17 heavy (non-hydrogen) atoms. The number of hydrazone groups is 1. The average molecular weight is 233 g/mol. The summed E-state index contributed by atoms with van der Waals surface area (Å²) in [4.78, 5) is 11.5. The highest BCUT2D eigenvalue weighted by molar-refractivity contribution is 6.64. The first kappa shape index (κ1) is 12.9. The number of rotatable bonds is 5. The fourth-order valence-corrected chi connectivity index (χ4v) is 1.12. The maximum absolute atomic E-state index is 11.5. The van der Waals surface area contributed by atoms with Crippen molar-refractivity contribution in [3.63, 3.8) is 0 Å². The zero-order valence-corrected chi connectivity index (χ0v) is 9.86. The maximum Gasteiger partial charge on any atom is 0.360 e. The van der Waals surface area contributed by atoms with Gasteiger partial charge in [-0.3, -0.25) is 5.43 Å². The Labute approximate surface area is 100.0 Å². The zero-order chi connectivity index (χ0) is 12.7. The highest BCUT2D eigenvalue weighted by Gasteiger charge is 2.14. The molecule has 0 aliphatic carbocycles. The van der Waals surface area contributed by atoms with Crippen LogP contribution in [0.4, 0.5) is 5.69 Å². The van der Waals surface area contributed by atoms with Gasteiger partial charge in [0.25, 0.3) is 0 Å². The molecule has 90 valence electrons. The fourth-order valence-electron chi connectivity index (χ4n) is 1.12. The van der Waals surface area contributed by atoms with Crippen molar-refractivity contribution in [3.8, 4) is 0 Å². The van der Waals surface area contributed by atoms with Crippen molar-refractivity contribution in [2.24, 2.45) is 5.10 Å². The van der Waals surface area contributed by atoms with Crippen molar-refractivity contribution >= 4 is 23.1 Å². The second-order valence-corrected chi connectivity index (χ2v) is 3.28. The Balaban J connectivity index is 2.78. The molecular weight excluding hydrogens is 218 g/mol. The van der Waals surface area contributed by atoms with Gasteiger partial charge in [-0.1, -0.05) is 18.2 Å². The number of para-hydroxylation sites is 1. The van der Waals surface area contributed by atoms with Crippen LogP contribution in [0.1, 0.15) is 13.8 Å². The van der Waals surface area contributed by atoms with Crippen molar-refractivity contribution in [1.82, 2.24) is 0 Å². The van der Waals surface area contributed by atoms with Crippen molar-refractivity contribution in [1.29, 1.82) is 5.41 Å². The number of carbonyl (C=O) groups is 1. The van der Waals surface area contributed by atoms with Gasteiger partial charge in [-0.15, -0.1) is 0 Å². The van der Waals surface area contributed by atoms with E-state index in [0.29, 0.717) is 0 Å². The summed E-state index contributed by atoms with van der Waals surface area (Å²) < 4.78 is 4.80. The van der Waals surface area contributed by atoms with Gasteiger partial charge in [0.05, 0.1) is 18.0 Å². The Kier molecular flexibility index (Phi) is 4.87. The van der Waals surface area contributed by atoms with E-state index >= 15 is 0 Å². The van der Waals surface area contributed by atoms with Gasteiger partial charge in [0.15, 0.2) is 5.71 Å². The normalized spacial score (nSPS) is 10.8. The van der Waals surface area contributed by atoms with Gasteiger partial charge in [-0.25, -0.2) is 4.79 Å². The number of nitrogens with zero attached hydrogens (tertiary/aromatic N) is 1. The molecule has 0 aliphatic heterocycles. The molecule has 5 heteroatoms. The Morgan fingerprint density at radius 3 is 2.59 bits per heavy atom. The number of nitrogens with one attached hydrogen (secondary N) is 2. The lowest BCUT2D eigenvalue weighted by molar-refractivity contribution is -0.134. The molecule has 1 rings (SSSR count). The number of anilines is 1. The van der Waals surface area contributed by atoms with Crippen LogP contribution in [0.15, 0.2) is 35.4 Å². The summed E-state index contributed by atoms with van der Waals surface area (Å²) in [5.41, 5.74) is 3.50. The summed E-state index contributed by atoms with van der Waals surface area (Å²) in [6, 6.07) is 9.19. The van der Waals surface area contributed by atoms with Crippen LogP contribution in [0, 0.1) is 5.41 Å². The van der Waals surface area contributed by atoms with E-state index in [4.69, 9.17) is 10.1 Å². The predicted octanol–water partition coefficient (Wildman–Crippen LogP) is 2.06. The quantitative estimate of drug-likeness (QED) is 0.464. The molecule has 0 aliphatic rings. The molecule has 5 nitrogen and oxygen atoms in total. The average Bonchev–Trinajstić information content (AvgIpc) is 2.30. The van der Waals surface area contributed by atoms with E-state index in [1.165, 1.54) is 6.92 Å². The largest absolute Gasteiger partial charge is 0.461 e. The van der Waals surface area contributed by atoms with Gasteiger partial charge in [0.2, 0.25) is 0 Å². The first-order valence-corrected chi connectivity index (χ1v) is 5.26. The predicted molar refractivity (Wildman–Crippen MR) is 67.5 cm³/mol. The second kappa shape index (κ2) is 6.42. The van der Waals surface area contributed by atoms with Crippen molar-refractivity contribution < 1.29 is 9.53 Å². The minimum atomic E-state index is -0.594. The van der Waals surface area contributed by atoms with Crippen LogP contribution >= 0.6 is 0 Å². The molecule has 0 bridgehead atoms. The third-order valence-corrected chi connectivity index (χ3v) is 1.89. The van der Waals surface area contributed by atoms with Crippen LogP contribution in [0.2, 0.25) is 0 Å². The van der Waals surface area contributed by atoms with Crippen molar-refractivity contribution in [2.45, 2.75) is 13.8 Å². The molecule has 0 saturated heterocycles. The van der Waals surface area contributed by atoms with E-state index in [2.05, 4.69) is 10.5 Å². The molecule has 1 aromatic rings. The van der Waals surface area contributed by atoms with Crippen LogP contribution in [0.25, 0.3) is 0 Å². The lowest BCUT2D eigenvalue weighted by Gasteiger charge is -2.05. The molecule has 0 aromatic heterocycles. The summed E-state index contributed by atoms with van der Waals surface area (Å²) in [6.45, 7) is 3.46. The lowest BCUT2D eigenvalue weighted by atomic mass is 10.2. The molecule has 0 atom stereocenters. The third-order valence-electron chi connectivity index (χ3n) is 1.89. The molecule has 0 amide bonds. The van der Waals surface area contributed by atoms with E-state index in [-0.39, 0.29) is 18.0 Å². The van der Waals surface area contributed by atoms with Crippen molar-refractivity contribution in [3.05, 3.63) is 30.3 Å². The summed E-state index contributed by atoms with van der Waals surface area (Å²) in [7, 11) is 0. The summed E-state index contributed by atoms with van der Waals surface area (Å²) in [5, 5.41) is 11.3. The van der Waals surface area contributed by atoms with Gasteiger partial charge in [-0.05, 0) is 26.0 Å². The maximum atomic E-state index is 11.5. The van der Waals surface area contributed by atoms with Crippen molar-refractivity contribution in [2.75, 3.05) is 12.0 Å². The smallest absolute Gasteiger partial charge is 0.360 e. The first-order valence-electron chi connectivity index (χ1n) is 5.26. The second-order valence-electron chi connectivity index (χ2n) is 3.28. The number of benzene rings is 1. The molecule has 0 spiro atoms. The molecule has 2 N–H and O–H groups in total. The van der Waals surface area contributed by atoms with Crippen LogP contribution in [-0.4, -0.2) is 24.0 Å². The Morgan fingerprint density at radius 1 is 1.41 bits per heavy atom. The van der Waals surface area contributed by atoms with Gasteiger partial charge < -0.3 is 10.1 Å². The molecule has 0 fully saturated rings. The SMILES string of the molecule is CCOC(=O)/C(=N/Nc1ccccc1)C(C)=N. The molecule has 0 heterocycles. The van der Waals surface area contributed by atoms with Gasteiger partial charge in [-0.2, -0.15) is 5.10 Å². The molecule has 0 radical (unpaired) electrons. The van der Waals surface area contributed by atoms with Crippen LogP contribution < -0.4 is 5.43 Å². The zero-order valence-electron chi connectivity index (χ0n) is 9.86. The standard InChI is InChI=1S/C12H15N3O2/c1-3-17-12(16)11(9(2)13)15-14-10-7-5-4-6-8-10/h4-8,13-14H,3H2,1-2H3/b13-9?,15-11+. The van der Waals surface area contributed by atoms with E-state index in [1.807, 2.05) is 30.3 Å². The topological polar surface area (TPSA) is 74.5 Å². The number of carbonyl (C=O) groups excluding carboxylic acids is 1. The monoisotopic (exact) mass is 233 g/mol. The first-order chi connectivity index (χ1) is 8.15. The highest BCUT2D eigenvalue weighted by atomic mass is 16.5. The van der Waals surface area contributed by atoms with Gasteiger partial charge in [0.1, 0.15) is 0 Å². The van der Waals surface area contributed by atoms with E-state index in [1.54, 1.807) is 6.92 Å². The Hall–Kier alpha value is -2.17. The highest BCUT2D eigenvalue weighted by Crippen LogP contribution is 2.04. The van der Waals surface area contributed by atoms with E-state index < -0.39 is 5.97 Å². The minimum absolute atomic E-state index is 0.0179. The van der Waals surface area contributed by atoms with Gasteiger partial charge >= 0.3 is 5.97 Å². The molecule has 0 unspecified atom stereocenters. The summed E-state index contributed by atoms with van der Waals surface area (Å²) in [5.74, 6) is -0.594. The lowest BCUT2D eigenvalue weighted by Crippen LogP contribution is -2.25. The van der Waals surface area contributed by atoms with E-state index in [0.717, 1.165) is 5.69 Å². The van der Waals surface area contributed by atoms with E-state index in [9.17, 15) is 4.79 Å². The minimum Gasteiger partial charge on any atom is -0.461 e. The van der Waals surface area contributed by atoms with Crippen LogP contribution in [0.5, 0.6) is 0 Å². The number of hydrogen-bond acceptors (Lipinski definition) is 5. The molecule has 1 aromatic carbocycles. The molecular formula is C12H15N3O2. The molecule has 0 saturated carbocycles. The summed E-state index contributed by atoms with van der Waals surface area (Å²) >= 11 is 0. The van der Waals surface area contributed by atoms with Gasteiger partial charge in [0, 0.05) is 0 Å². The Morgan fingerprint density at radius 2 is 2.06 bits per heavy atom. The van der Waals surface area contributed by atoms with Crippen LogP contribution in [-0.2, 0) is 9.53 Å². The van der Waals surface area contributed by atoms with Crippen LogP contribution in [0.3, 0.4) is 0 Å². The number of hydrogen-bond donors (Lipinski definition) is 2. The summed E-state index contributed by atoms with van der Waals surface area (Å²) in [6.07, 6.45) is 0.